The zero-order chi connectivity index (χ0) is 18.0. The largest absolute Gasteiger partial charge is 0.354 e. The average Bonchev–Trinajstić information content (AvgIpc) is 3.08. The van der Waals surface area contributed by atoms with Gasteiger partial charge in [0.1, 0.15) is 17.8 Å². The number of H-pyrrole nitrogens is 1. The van der Waals surface area contributed by atoms with Gasteiger partial charge in [-0.3, -0.25) is 0 Å². The first-order chi connectivity index (χ1) is 11.9. The predicted octanol–water partition coefficient (Wildman–Crippen LogP) is 0.654. The number of aromatic nitrogens is 3. The second-order valence-electron chi connectivity index (χ2n) is 6.66. The number of hydrogen-bond acceptors (Lipinski definition) is 6. The van der Waals surface area contributed by atoms with E-state index in [1.165, 1.54) is 0 Å². The average molecular weight is 366 g/mol. The molecule has 138 valence electrons. The molecule has 0 radical (unpaired) electrons. The molecule has 3 heterocycles. The van der Waals surface area contributed by atoms with Crippen molar-refractivity contribution in [3.63, 3.8) is 0 Å². The van der Waals surface area contributed by atoms with Gasteiger partial charge in [-0.2, -0.15) is 4.31 Å². The zero-order valence-corrected chi connectivity index (χ0v) is 15.8. The lowest BCUT2D eigenvalue weighted by Crippen LogP contribution is -2.53. The van der Waals surface area contributed by atoms with Crippen LogP contribution in [0, 0.1) is 5.92 Å². The number of nitrogens with zero attached hydrogens (tertiary/aromatic N) is 4. The molecule has 2 aromatic heterocycles. The molecule has 2 unspecified atom stereocenters. The maximum Gasteiger partial charge on any atom is 0.215 e. The van der Waals surface area contributed by atoms with Crippen LogP contribution in [0.5, 0.6) is 0 Å². The molecule has 1 aliphatic heterocycles. The van der Waals surface area contributed by atoms with E-state index in [-0.39, 0.29) is 11.8 Å². The topological polar surface area (TPSA) is 94.2 Å². The van der Waals surface area contributed by atoms with Crippen molar-refractivity contribution in [1.82, 2.24) is 24.6 Å². The third-order valence-electron chi connectivity index (χ3n) is 5.05. The molecule has 2 atom stereocenters. The minimum Gasteiger partial charge on any atom is -0.354 e. The molecule has 0 saturated carbocycles. The number of piperidine rings is 1. The quantitative estimate of drug-likeness (QED) is 0.780. The molecule has 0 aliphatic carbocycles. The van der Waals surface area contributed by atoms with E-state index in [1.54, 1.807) is 17.7 Å². The van der Waals surface area contributed by atoms with Gasteiger partial charge < -0.3 is 15.2 Å². The van der Waals surface area contributed by atoms with Crippen LogP contribution in [0.1, 0.15) is 13.3 Å². The molecule has 0 bridgehead atoms. The Labute approximate surface area is 148 Å². The van der Waals surface area contributed by atoms with Crippen LogP contribution in [0.15, 0.2) is 18.6 Å². The van der Waals surface area contributed by atoms with Crippen molar-refractivity contribution in [2.75, 3.05) is 44.4 Å². The first kappa shape index (κ1) is 18.1. The van der Waals surface area contributed by atoms with Gasteiger partial charge in [0, 0.05) is 38.9 Å². The van der Waals surface area contributed by atoms with Gasteiger partial charge in [0.25, 0.3) is 0 Å². The minimum absolute atomic E-state index is 0.0751. The second-order valence-corrected chi connectivity index (χ2v) is 8.75. The molecule has 1 saturated heterocycles. The summed E-state index contributed by atoms with van der Waals surface area (Å²) in [6.07, 6.45) is 4.23. The Morgan fingerprint density at radius 1 is 1.44 bits per heavy atom. The molecule has 2 aromatic rings. The van der Waals surface area contributed by atoms with E-state index in [4.69, 9.17) is 0 Å². The highest BCUT2D eigenvalue weighted by molar-refractivity contribution is 7.89. The Kier molecular flexibility index (Phi) is 5.26. The van der Waals surface area contributed by atoms with E-state index in [0.29, 0.717) is 25.6 Å². The Morgan fingerprint density at radius 2 is 2.24 bits per heavy atom. The van der Waals surface area contributed by atoms with E-state index < -0.39 is 10.0 Å². The molecule has 8 nitrogen and oxygen atoms in total. The van der Waals surface area contributed by atoms with Crippen LogP contribution in [0.3, 0.4) is 0 Å². The Balaban J connectivity index is 1.83. The van der Waals surface area contributed by atoms with Gasteiger partial charge in [-0.25, -0.2) is 18.4 Å². The number of fused-ring (bicyclic) bond motifs is 1. The smallest absolute Gasteiger partial charge is 0.215 e. The van der Waals surface area contributed by atoms with Crippen molar-refractivity contribution < 1.29 is 8.42 Å². The molecular weight excluding hydrogens is 340 g/mol. The van der Waals surface area contributed by atoms with Crippen LogP contribution in [0.25, 0.3) is 11.0 Å². The van der Waals surface area contributed by atoms with Crippen molar-refractivity contribution in [1.29, 1.82) is 0 Å². The number of anilines is 1. The summed E-state index contributed by atoms with van der Waals surface area (Å²) in [7, 11) is 0.507. The van der Waals surface area contributed by atoms with Crippen molar-refractivity contribution in [2.24, 2.45) is 5.92 Å². The van der Waals surface area contributed by atoms with Crippen molar-refractivity contribution in [2.45, 2.75) is 19.4 Å². The Bertz CT molecular complexity index is 821. The van der Waals surface area contributed by atoms with Gasteiger partial charge in [-0.1, -0.05) is 6.92 Å². The van der Waals surface area contributed by atoms with Crippen LogP contribution in [-0.4, -0.2) is 73.2 Å². The number of hydrogen-bond donors (Lipinski definition) is 2. The number of rotatable bonds is 6. The number of aromatic amines is 1. The first-order valence-electron chi connectivity index (χ1n) is 8.57. The lowest BCUT2D eigenvalue weighted by Gasteiger charge is -2.41. The normalized spacial score (nSPS) is 22.4. The van der Waals surface area contributed by atoms with Crippen molar-refractivity contribution in [3.05, 3.63) is 18.6 Å². The lowest BCUT2D eigenvalue weighted by atomic mass is 9.93. The van der Waals surface area contributed by atoms with E-state index >= 15 is 0 Å². The van der Waals surface area contributed by atoms with Crippen LogP contribution < -0.4 is 10.2 Å². The fourth-order valence-corrected chi connectivity index (χ4v) is 4.92. The summed E-state index contributed by atoms with van der Waals surface area (Å²) >= 11 is 0. The molecule has 3 rings (SSSR count). The SMILES string of the molecule is CNCCS(=O)(=O)N1CCC(C)C(N(C)c2ncnc3[nH]ccc23)C1. The van der Waals surface area contributed by atoms with Gasteiger partial charge in [0.05, 0.1) is 11.1 Å². The van der Waals surface area contributed by atoms with Crippen LogP contribution in [0.4, 0.5) is 5.82 Å². The highest BCUT2D eigenvalue weighted by atomic mass is 32.2. The summed E-state index contributed by atoms with van der Waals surface area (Å²) in [5, 5.41) is 3.86. The van der Waals surface area contributed by atoms with E-state index in [0.717, 1.165) is 23.3 Å². The summed E-state index contributed by atoms with van der Waals surface area (Å²) in [4.78, 5) is 13.9. The zero-order valence-electron chi connectivity index (χ0n) is 14.9. The summed E-state index contributed by atoms with van der Waals surface area (Å²) in [5.74, 6) is 1.34. The van der Waals surface area contributed by atoms with Gasteiger partial charge in [-0.05, 0) is 25.5 Å². The van der Waals surface area contributed by atoms with E-state index in [2.05, 4.69) is 32.1 Å². The summed E-state index contributed by atoms with van der Waals surface area (Å²) in [6.45, 7) is 3.71. The monoisotopic (exact) mass is 366 g/mol. The number of likely N-dealkylation sites (N-methyl/N-ethyl adjacent to an activating group) is 1. The fraction of sp³-hybridized carbons (Fsp3) is 0.625. The summed E-state index contributed by atoms with van der Waals surface area (Å²) in [6, 6.07) is 2.03. The highest BCUT2D eigenvalue weighted by Crippen LogP contribution is 2.29. The molecule has 0 aromatic carbocycles. The highest BCUT2D eigenvalue weighted by Gasteiger charge is 2.35. The molecule has 1 aliphatic rings. The van der Waals surface area contributed by atoms with Gasteiger partial charge in [0.2, 0.25) is 10.0 Å². The Morgan fingerprint density at radius 3 is 3.00 bits per heavy atom. The minimum atomic E-state index is -3.24. The molecule has 1 fully saturated rings. The van der Waals surface area contributed by atoms with Gasteiger partial charge in [0.15, 0.2) is 0 Å². The Hall–Kier alpha value is -1.71. The van der Waals surface area contributed by atoms with Crippen molar-refractivity contribution in [3.8, 4) is 0 Å². The van der Waals surface area contributed by atoms with E-state index in [1.807, 2.05) is 19.3 Å². The number of sulfonamides is 1. The predicted molar refractivity (Wildman–Crippen MR) is 99.1 cm³/mol. The fourth-order valence-electron chi connectivity index (χ4n) is 3.43. The van der Waals surface area contributed by atoms with Crippen LogP contribution in [-0.2, 0) is 10.0 Å². The lowest BCUT2D eigenvalue weighted by molar-refractivity contribution is 0.247. The maximum atomic E-state index is 12.6. The first-order valence-corrected chi connectivity index (χ1v) is 10.2. The second kappa shape index (κ2) is 7.27. The standard InChI is InChI=1S/C16H26N6O2S/c1-12-5-8-22(25(23,24)9-7-17-2)10-14(12)21(3)16-13-4-6-18-15(13)19-11-20-16/h4,6,11-12,14,17H,5,7-10H2,1-3H3,(H,18,19,20). The molecule has 25 heavy (non-hydrogen) atoms. The summed E-state index contributed by atoms with van der Waals surface area (Å²) < 4.78 is 26.8. The van der Waals surface area contributed by atoms with Gasteiger partial charge in [-0.15, -0.1) is 0 Å². The third kappa shape index (κ3) is 3.63. The van der Waals surface area contributed by atoms with E-state index in [9.17, 15) is 8.42 Å². The molecule has 9 heteroatoms. The maximum absolute atomic E-state index is 12.6. The summed E-state index contributed by atoms with van der Waals surface area (Å²) in [5.41, 5.74) is 0.791. The van der Waals surface area contributed by atoms with Crippen LogP contribution >= 0.6 is 0 Å². The third-order valence-corrected chi connectivity index (χ3v) is 6.89. The molecular formula is C16H26N6O2S. The molecule has 2 N–H and O–H groups in total. The van der Waals surface area contributed by atoms with Gasteiger partial charge >= 0.3 is 0 Å². The number of nitrogens with one attached hydrogen (secondary N) is 2. The molecule has 0 amide bonds. The van der Waals surface area contributed by atoms with Crippen LogP contribution in [0.2, 0.25) is 0 Å². The molecule has 0 spiro atoms. The van der Waals surface area contributed by atoms with Crippen molar-refractivity contribution >= 4 is 26.9 Å².